The highest BCUT2D eigenvalue weighted by Crippen LogP contribution is 2.44. The molecule has 114 valence electrons. The Kier molecular flexibility index (Phi) is 3.62. The molecule has 5 nitrogen and oxygen atoms in total. The molecule has 0 amide bonds. The number of sulfonamides is 1. The Morgan fingerprint density at radius 3 is 2.41 bits per heavy atom. The predicted octanol–water partition coefficient (Wildman–Crippen LogP) is 2.50. The molecule has 0 fully saturated rings. The minimum Gasteiger partial charge on any atom is -0.469 e. The van der Waals surface area contributed by atoms with Crippen molar-refractivity contribution in [1.29, 1.82) is 0 Å². The van der Waals surface area contributed by atoms with Gasteiger partial charge in [-0.2, -0.15) is 0 Å². The van der Waals surface area contributed by atoms with Gasteiger partial charge in [-0.3, -0.25) is 9.10 Å². The van der Waals surface area contributed by atoms with Crippen LogP contribution in [-0.2, 0) is 19.6 Å². The lowest BCUT2D eigenvalue weighted by Gasteiger charge is -2.24. The molecule has 1 atom stereocenters. The fraction of sp³-hybridized carbons (Fsp3) is 0.188. The number of fused-ring (bicyclic) bond motifs is 1. The summed E-state index contributed by atoms with van der Waals surface area (Å²) in [5.74, 6) is -0.446. The summed E-state index contributed by atoms with van der Waals surface area (Å²) < 4.78 is 31.7. The molecular weight excluding hydrogens is 302 g/mol. The molecular formula is C16H15NO4S. The Hall–Kier alpha value is -2.34. The number of rotatable bonds is 3. The highest BCUT2D eigenvalue weighted by atomic mass is 32.2. The van der Waals surface area contributed by atoms with Gasteiger partial charge in [-0.1, -0.05) is 36.4 Å². The first-order valence-electron chi connectivity index (χ1n) is 6.81. The number of hydrogen-bond donors (Lipinski definition) is 0. The van der Waals surface area contributed by atoms with Gasteiger partial charge in [-0.15, -0.1) is 0 Å². The second-order valence-electron chi connectivity index (χ2n) is 4.97. The van der Waals surface area contributed by atoms with Gasteiger partial charge in [0.25, 0.3) is 10.0 Å². The van der Waals surface area contributed by atoms with E-state index in [0.29, 0.717) is 11.3 Å². The number of methoxy groups -OCH3 is 1. The molecule has 0 radical (unpaired) electrons. The van der Waals surface area contributed by atoms with E-state index in [9.17, 15) is 13.2 Å². The maximum Gasteiger partial charge on any atom is 0.307 e. The van der Waals surface area contributed by atoms with Crippen LogP contribution in [0.25, 0.3) is 0 Å². The Balaban J connectivity index is 2.16. The fourth-order valence-corrected chi connectivity index (χ4v) is 4.60. The average Bonchev–Trinajstić information content (AvgIpc) is 2.76. The lowest BCUT2D eigenvalue weighted by atomic mass is 10.0. The van der Waals surface area contributed by atoms with Gasteiger partial charge in [0.1, 0.15) is 0 Å². The zero-order chi connectivity index (χ0) is 15.7. The van der Waals surface area contributed by atoms with Gasteiger partial charge in [0.2, 0.25) is 0 Å². The molecule has 0 aromatic heterocycles. The first kappa shape index (κ1) is 14.6. The van der Waals surface area contributed by atoms with Crippen molar-refractivity contribution in [3.63, 3.8) is 0 Å². The van der Waals surface area contributed by atoms with Crippen LogP contribution in [0.3, 0.4) is 0 Å². The van der Waals surface area contributed by atoms with Crippen LogP contribution in [0, 0.1) is 0 Å². The SMILES string of the molecule is COC(=O)C[C@H]1c2ccccc2S(=O)(=O)N1c1ccccc1. The number of esters is 1. The normalized spacial score (nSPS) is 18.8. The van der Waals surface area contributed by atoms with Crippen molar-refractivity contribution in [3.8, 4) is 0 Å². The van der Waals surface area contributed by atoms with Gasteiger partial charge in [0, 0.05) is 0 Å². The van der Waals surface area contributed by atoms with Crippen molar-refractivity contribution < 1.29 is 17.9 Å². The standard InChI is InChI=1S/C16H15NO4S/c1-21-16(18)11-14-13-9-5-6-10-15(13)22(19,20)17(14)12-7-3-2-4-8-12/h2-10,14H,11H2,1H3/t14-/m0/s1. The molecule has 0 saturated carbocycles. The van der Waals surface area contributed by atoms with E-state index in [1.807, 2.05) is 6.07 Å². The van der Waals surface area contributed by atoms with Crippen molar-refractivity contribution in [2.75, 3.05) is 11.4 Å². The van der Waals surface area contributed by atoms with Gasteiger partial charge >= 0.3 is 5.97 Å². The summed E-state index contributed by atoms with van der Waals surface area (Å²) in [4.78, 5) is 12.0. The number of ether oxygens (including phenoxy) is 1. The maximum absolute atomic E-state index is 12.8. The van der Waals surface area contributed by atoms with E-state index in [1.165, 1.54) is 11.4 Å². The van der Waals surface area contributed by atoms with Gasteiger partial charge < -0.3 is 4.74 Å². The molecule has 1 aliphatic rings. The van der Waals surface area contributed by atoms with Crippen LogP contribution < -0.4 is 4.31 Å². The zero-order valence-electron chi connectivity index (χ0n) is 12.0. The van der Waals surface area contributed by atoms with Crippen molar-refractivity contribution in [2.24, 2.45) is 0 Å². The van der Waals surface area contributed by atoms with E-state index >= 15 is 0 Å². The predicted molar refractivity (Wildman–Crippen MR) is 81.9 cm³/mol. The molecule has 6 heteroatoms. The van der Waals surface area contributed by atoms with Crippen LogP contribution in [-0.4, -0.2) is 21.5 Å². The smallest absolute Gasteiger partial charge is 0.307 e. The molecule has 0 unspecified atom stereocenters. The third kappa shape index (κ3) is 2.25. The van der Waals surface area contributed by atoms with Gasteiger partial charge in [0.05, 0.1) is 30.2 Å². The lowest BCUT2D eigenvalue weighted by molar-refractivity contribution is -0.141. The number of carbonyl (C=O) groups is 1. The Morgan fingerprint density at radius 1 is 1.09 bits per heavy atom. The summed E-state index contributed by atoms with van der Waals surface area (Å²) in [5, 5.41) is 0. The largest absolute Gasteiger partial charge is 0.469 e. The number of hydrogen-bond acceptors (Lipinski definition) is 4. The van der Waals surface area contributed by atoms with Crippen molar-refractivity contribution in [2.45, 2.75) is 17.4 Å². The number of nitrogens with zero attached hydrogens (tertiary/aromatic N) is 1. The second-order valence-corrected chi connectivity index (χ2v) is 6.75. The van der Waals surface area contributed by atoms with Crippen LogP contribution >= 0.6 is 0 Å². The van der Waals surface area contributed by atoms with E-state index in [1.54, 1.807) is 48.5 Å². The highest BCUT2D eigenvalue weighted by molar-refractivity contribution is 7.93. The molecule has 1 heterocycles. The monoisotopic (exact) mass is 317 g/mol. The number of para-hydroxylation sites is 1. The summed E-state index contributed by atoms with van der Waals surface area (Å²) >= 11 is 0. The van der Waals surface area contributed by atoms with Crippen molar-refractivity contribution in [3.05, 3.63) is 60.2 Å². The summed E-state index contributed by atoms with van der Waals surface area (Å²) in [6.07, 6.45) is -0.0262. The first-order chi connectivity index (χ1) is 10.6. The summed E-state index contributed by atoms with van der Waals surface area (Å²) in [6.45, 7) is 0. The van der Waals surface area contributed by atoms with Crippen LogP contribution in [0.5, 0.6) is 0 Å². The van der Waals surface area contributed by atoms with E-state index < -0.39 is 22.0 Å². The Labute approximate surface area is 129 Å². The Morgan fingerprint density at radius 2 is 1.73 bits per heavy atom. The van der Waals surface area contributed by atoms with E-state index in [4.69, 9.17) is 4.74 Å². The molecule has 22 heavy (non-hydrogen) atoms. The van der Waals surface area contributed by atoms with E-state index in [2.05, 4.69) is 0 Å². The Bertz CT molecular complexity index is 802. The van der Waals surface area contributed by atoms with Crippen LogP contribution in [0.1, 0.15) is 18.0 Å². The number of benzene rings is 2. The fourth-order valence-electron chi connectivity index (χ4n) is 2.72. The third-order valence-corrected chi connectivity index (χ3v) is 5.61. The maximum atomic E-state index is 12.8. The molecule has 3 rings (SSSR count). The molecule has 0 N–H and O–H groups in total. The molecule has 0 aliphatic carbocycles. The van der Waals surface area contributed by atoms with Crippen LogP contribution in [0.4, 0.5) is 5.69 Å². The van der Waals surface area contributed by atoms with Crippen molar-refractivity contribution in [1.82, 2.24) is 0 Å². The quantitative estimate of drug-likeness (QED) is 0.816. The topological polar surface area (TPSA) is 63.7 Å². The molecule has 2 aromatic carbocycles. The van der Waals surface area contributed by atoms with E-state index in [-0.39, 0.29) is 11.3 Å². The molecule has 2 aromatic rings. The summed E-state index contributed by atoms with van der Waals surface area (Å²) in [7, 11) is -2.38. The summed E-state index contributed by atoms with van der Waals surface area (Å²) in [5.41, 5.74) is 1.16. The average molecular weight is 317 g/mol. The highest BCUT2D eigenvalue weighted by Gasteiger charge is 2.43. The molecule has 1 aliphatic heterocycles. The lowest BCUT2D eigenvalue weighted by Crippen LogP contribution is -2.29. The van der Waals surface area contributed by atoms with Gasteiger partial charge in [0.15, 0.2) is 0 Å². The number of carbonyl (C=O) groups excluding carboxylic acids is 1. The van der Waals surface area contributed by atoms with Crippen LogP contribution in [0.15, 0.2) is 59.5 Å². The van der Waals surface area contributed by atoms with Crippen molar-refractivity contribution >= 4 is 21.7 Å². The number of anilines is 1. The van der Waals surface area contributed by atoms with Crippen LogP contribution in [0.2, 0.25) is 0 Å². The minimum absolute atomic E-state index is 0.0262. The van der Waals surface area contributed by atoms with E-state index in [0.717, 1.165) is 0 Å². The van der Waals surface area contributed by atoms with Gasteiger partial charge in [-0.05, 0) is 23.8 Å². The van der Waals surface area contributed by atoms with Gasteiger partial charge in [-0.25, -0.2) is 8.42 Å². The molecule has 0 saturated heterocycles. The third-order valence-electron chi connectivity index (χ3n) is 3.70. The molecule has 0 bridgehead atoms. The summed E-state index contributed by atoms with van der Waals surface area (Å²) in [6, 6.07) is 15.0. The molecule has 0 spiro atoms. The first-order valence-corrected chi connectivity index (χ1v) is 8.25. The minimum atomic E-state index is -3.68. The zero-order valence-corrected chi connectivity index (χ0v) is 12.8. The second kappa shape index (κ2) is 5.46.